The molecule has 5 nitrogen and oxygen atoms in total. The molecule has 0 aliphatic rings. The summed E-state index contributed by atoms with van der Waals surface area (Å²) in [6.45, 7) is 5.46. The molecule has 0 aliphatic carbocycles. The van der Waals surface area contributed by atoms with Gasteiger partial charge in [-0.15, -0.1) is 0 Å². The van der Waals surface area contributed by atoms with Crippen LogP contribution in [0.2, 0.25) is 5.02 Å². The summed E-state index contributed by atoms with van der Waals surface area (Å²) in [7, 11) is 0. The van der Waals surface area contributed by atoms with Crippen LogP contribution >= 0.6 is 11.6 Å². The van der Waals surface area contributed by atoms with E-state index >= 15 is 0 Å². The highest BCUT2D eigenvalue weighted by atomic mass is 35.5. The number of aryl methyl sites for hydroxylation is 3. The Balaban J connectivity index is 1.77. The Labute approximate surface area is 155 Å². The van der Waals surface area contributed by atoms with Crippen LogP contribution in [-0.2, 0) is 4.79 Å². The zero-order valence-corrected chi connectivity index (χ0v) is 15.4. The predicted octanol–water partition coefficient (Wildman–Crippen LogP) is 4.39. The molecule has 26 heavy (non-hydrogen) atoms. The van der Waals surface area contributed by atoms with Gasteiger partial charge in [0, 0.05) is 23.2 Å². The zero-order chi connectivity index (χ0) is 18.8. The summed E-state index contributed by atoms with van der Waals surface area (Å²) in [6, 6.07) is 10.4. The number of rotatable bonds is 4. The number of amides is 1. The number of anilines is 1. The maximum atomic E-state index is 12.2. The molecule has 1 aromatic heterocycles. The van der Waals surface area contributed by atoms with E-state index in [0.717, 1.165) is 27.8 Å². The van der Waals surface area contributed by atoms with Gasteiger partial charge >= 0.3 is 5.63 Å². The highest BCUT2D eigenvalue weighted by molar-refractivity contribution is 6.32. The molecule has 2 aromatic carbocycles. The Kier molecular flexibility index (Phi) is 5.00. The van der Waals surface area contributed by atoms with E-state index in [0.29, 0.717) is 10.6 Å². The molecular formula is C20H18ClNO4. The summed E-state index contributed by atoms with van der Waals surface area (Å²) in [5.74, 6) is -0.0235. The molecule has 0 saturated carbocycles. The number of nitrogens with one attached hydrogen (secondary N) is 1. The highest BCUT2D eigenvalue weighted by Gasteiger charge is 2.12. The van der Waals surface area contributed by atoms with Crippen LogP contribution in [-0.4, -0.2) is 12.5 Å². The fourth-order valence-electron chi connectivity index (χ4n) is 2.63. The minimum atomic E-state index is -0.448. The Hall–Kier alpha value is -2.79. The molecule has 3 aromatic rings. The van der Waals surface area contributed by atoms with Crippen molar-refractivity contribution in [1.82, 2.24) is 0 Å². The number of ether oxygens (including phenoxy) is 1. The van der Waals surface area contributed by atoms with Crippen LogP contribution < -0.4 is 15.7 Å². The number of fused-ring (bicyclic) bond motifs is 1. The molecule has 1 heterocycles. The van der Waals surface area contributed by atoms with E-state index < -0.39 is 5.63 Å². The lowest BCUT2D eigenvalue weighted by molar-refractivity contribution is -0.118. The minimum absolute atomic E-state index is 0.214. The number of carbonyl (C=O) groups excluding carboxylic acids is 1. The first-order valence-electron chi connectivity index (χ1n) is 8.07. The van der Waals surface area contributed by atoms with Gasteiger partial charge in [0.2, 0.25) is 0 Å². The smallest absolute Gasteiger partial charge is 0.336 e. The van der Waals surface area contributed by atoms with Crippen molar-refractivity contribution in [1.29, 1.82) is 0 Å². The van der Waals surface area contributed by atoms with Crippen LogP contribution in [0.25, 0.3) is 11.0 Å². The van der Waals surface area contributed by atoms with Crippen molar-refractivity contribution in [3.8, 4) is 5.75 Å². The summed E-state index contributed by atoms with van der Waals surface area (Å²) >= 11 is 6.23. The molecule has 0 fully saturated rings. The number of halogens is 1. The molecule has 134 valence electrons. The Morgan fingerprint density at radius 3 is 2.65 bits per heavy atom. The highest BCUT2D eigenvalue weighted by Crippen LogP contribution is 2.31. The molecule has 0 saturated heterocycles. The molecule has 1 amide bonds. The largest absolute Gasteiger partial charge is 0.482 e. The van der Waals surface area contributed by atoms with Gasteiger partial charge in [-0.1, -0.05) is 23.7 Å². The Morgan fingerprint density at radius 1 is 1.12 bits per heavy atom. The first-order valence-corrected chi connectivity index (χ1v) is 8.45. The second-order valence-corrected chi connectivity index (χ2v) is 6.59. The van der Waals surface area contributed by atoms with E-state index in [1.165, 1.54) is 12.1 Å². The first kappa shape index (κ1) is 18.0. The van der Waals surface area contributed by atoms with Gasteiger partial charge < -0.3 is 14.5 Å². The lowest BCUT2D eigenvalue weighted by atomic mass is 10.1. The second-order valence-electron chi connectivity index (χ2n) is 6.18. The van der Waals surface area contributed by atoms with Gasteiger partial charge in [0.05, 0.1) is 5.02 Å². The normalized spacial score (nSPS) is 10.8. The lowest BCUT2D eigenvalue weighted by Crippen LogP contribution is -2.20. The van der Waals surface area contributed by atoms with E-state index in [-0.39, 0.29) is 18.3 Å². The fourth-order valence-corrected chi connectivity index (χ4v) is 2.85. The lowest BCUT2D eigenvalue weighted by Gasteiger charge is -2.12. The standard InChI is InChI=1S/C20H18ClNO4/c1-11-4-5-12(2)16(6-11)22-19(23)10-25-18-9-17-14(8-15(18)21)13(3)7-20(24)26-17/h4-9H,10H2,1-3H3,(H,22,23). The maximum absolute atomic E-state index is 12.2. The Morgan fingerprint density at radius 2 is 1.88 bits per heavy atom. The molecular weight excluding hydrogens is 354 g/mol. The second kappa shape index (κ2) is 7.22. The van der Waals surface area contributed by atoms with Crippen LogP contribution in [0, 0.1) is 20.8 Å². The molecule has 0 aliphatic heterocycles. The molecule has 0 radical (unpaired) electrons. The fraction of sp³-hybridized carbons (Fsp3) is 0.200. The maximum Gasteiger partial charge on any atom is 0.336 e. The van der Waals surface area contributed by atoms with E-state index in [4.69, 9.17) is 20.8 Å². The van der Waals surface area contributed by atoms with Crippen molar-refractivity contribution in [2.24, 2.45) is 0 Å². The molecule has 0 bridgehead atoms. The van der Waals surface area contributed by atoms with E-state index in [2.05, 4.69) is 5.32 Å². The monoisotopic (exact) mass is 371 g/mol. The third-order valence-corrected chi connectivity index (χ3v) is 4.33. The predicted molar refractivity (Wildman–Crippen MR) is 102 cm³/mol. The van der Waals surface area contributed by atoms with Crippen LogP contribution in [0.15, 0.2) is 45.6 Å². The molecule has 1 N–H and O–H groups in total. The van der Waals surface area contributed by atoms with Crippen molar-refractivity contribution in [2.45, 2.75) is 20.8 Å². The zero-order valence-electron chi connectivity index (χ0n) is 14.7. The third kappa shape index (κ3) is 3.89. The van der Waals surface area contributed by atoms with Crippen molar-refractivity contribution >= 4 is 34.2 Å². The molecule has 0 spiro atoms. The average molecular weight is 372 g/mol. The van der Waals surface area contributed by atoms with Gasteiger partial charge in [0.15, 0.2) is 6.61 Å². The van der Waals surface area contributed by atoms with Gasteiger partial charge in [0.25, 0.3) is 5.91 Å². The van der Waals surface area contributed by atoms with Crippen LogP contribution in [0.1, 0.15) is 16.7 Å². The van der Waals surface area contributed by atoms with Gasteiger partial charge in [-0.05, 0) is 49.6 Å². The van der Waals surface area contributed by atoms with Crippen LogP contribution in [0.4, 0.5) is 5.69 Å². The topological polar surface area (TPSA) is 68.5 Å². The minimum Gasteiger partial charge on any atom is -0.482 e. The molecule has 0 atom stereocenters. The summed E-state index contributed by atoms with van der Waals surface area (Å²) in [4.78, 5) is 23.7. The molecule has 6 heteroatoms. The van der Waals surface area contributed by atoms with Crippen molar-refractivity contribution in [3.63, 3.8) is 0 Å². The molecule has 0 unspecified atom stereocenters. The Bertz CT molecular complexity index is 1060. The number of carbonyl (C=O) groups is 1. The SMILES string of the molecule is Cc1ccc(C)c(NC(=O)COc2cc3oc(=O)cc(C)c3cc2Cl)c1. The van der Waals surface area contributed by atoms with Gasteiger partial charge in [-0.25, -0.2) is 4.79 Å². The molecule has 3 rings (SSSR count). The van der Waals surface area contributed by atoms with Crippen molar-refractivity contribution in [3.05, 3.63) is 68.5 Å². The first-order chi connectivity index (χ1) is 12.3. The average Bonchev–Trinajstić information content (AvgIpc) is 2.57. The summed E-state index contributed by atoms with van der Waals surface area (Å²) in [5.41, 5.74) is 3.43. The summed E-state index contributed by atoms with van der Waals surface area (Å²) in [5, 5.41) is 3.88. The van der Waals surface area contributed by atoms with E-state index in [9.17, 15) is 9.59 Å². The number of benzene rings is 2. The quantitative estimate of drug-likeness (QED) is 0.690. The number of hydrogen-bond acceptors (Lipinski definition) is 4. The summed E-state index contributed by atoms with van der Waals surface area (Å²) < 4.78 is 10.7. The van der Waals surface area contributed by atoms with Crippen molar-refractivity contribution in [2.75, 3.05) is 11.9 Å². The van der Waals surface area contributed by atoms with Crippen molar-refractivity contribution < 1.29 is 13.9 Å². The van der Waals surface area contributed by atoms with Crippen LogP contribution in [0.5, 0.6) is 5.75 Å². The summed E-state index contributed by atoms with van der Waals surface area (Å²) in [6.07, 6.45) is 0. The third-order valence-electron chi connectivity index (χ3n) is 4.03. The van der Waals surface area contributed by atoms with Gasteiger partial charge in [0.1, 0.15) is 11.3 Å². The van der Waals surface area contributed by atoms with E-state index in [1.54, 1.807) is 13.0 Å². The van der Waals surface area contributed by atoms with Crippen LogP contribution in [0.3, 0.4) is 0 Å². The van der Waals surface area contributed by atoms with Gasteiger partial charge in [-0.2, -0.15) is 0 Å². The van der Waals surface area contributed by atoms with Gasteiger partial charge in [-0.3, -0.25) is 4.79 Å². The number of hydrogen-bond donors (Lipinski definition) is 1. The van der Waals surface area contributed by atoms with E-state index in [1.807, 2.05) is 32.0 Å².